The van der Waals surface area contributed by atoms with E-state index in [1.807, 2.05) is 6.92 Å². The molecule has 0 aliphatic rings. The number of aromatic nitrogens is 3. The van der Waals surface area contributed by atoms with Crippen LogP contribution in [0.1, 0.15) is 24.7 Å². The highest BCUT2D eigenvalue weighted by atomic mass is 35.5. The van der Waals surface area contributed by atoms with Gasteiger partial charge in [0.05, 0.1) is 10.7 Å². The second-order valence-electron chi connectivity index (χ2n) is 4.42. The molecule has 0 spiro atoms. The number of pyridine rings is 1. The minimum Gasteiger partial charge on any atom is -0.311 e. The molecule has 0 aliphatic heterocycles. The first kappa shape index (κ1) is 15.8. The number of halogens is 4. The normalized spacial score (nSPS) is 11.9. The summed E-state index contributed by atoms with van der Waals surface area (Å²) >= 11 is 6.03. The van der Waals surface area contributed by atoms with Crippen LogP contribution in [0.15, 0.2) is 24.4 Å². The van der Waals surface area contributed by atoms with Gasteiger partial charge in [-0.05, 0) is 31.2 Å². The smallest absolute Gasteiger partial charge is 0.311 e. The molecule has 2 aromatic rings. The maximum atomic E-state index is 12.5. The summed E-state index contributed by atoms with van der Waals surface area (Å²) in [6.07, 6.45) is -2.28. The number of hydrogen-bond acceptors (Lipinski definition) is 3. The van der Waals surface area contributed by atoms with Crippen LogP contribution in [0.4, 0.5) is 13.2 Å². The summed E-state index contributed by atoms with van der Waals surface area (Å²) < 4.78 is 38.7. The molecule has 4 nitrogen and oxygen atoms in total. The Hall–Kier alpha value is -1.60. The minimum absolute atomic E-state index is 0.295. The van der Waals surface area contributed by atoms with Crippen molar-refractivity contribution in [3.8, 4) is 5.82 Å². The highest BCUT2D eigenvalue weighted by Gasteiger charge is 2.33. The Morgan fingerprint density at radius 2 is 2.05 bits per heavy atom. The van der Waals surface area contributed by atoms with Crippen molar-refractivity contribution in [2.75, 3.05) is 6.54 Å². The van der Waals surface area contributed by atoms with Crippen LogP contribution >= 0.6 is 11.6 Å². The second-order valence-corrected chi connectivity index (χ2v) is 4.83. The molecule has 0 saturated carbocycles. The summed E-state index contributed by atoms with van der Waals surface area (Å²) in [7, 11) is 0. The molecule has 0 amide bonds. The van der Waals surface area contributed by atoms with E-state index in [1.165, 1.54) is 12.3 Å². The molecule has 0 bridgehead atoms. The van der Waals surface area contributed by atoms with Crippen LogP contribution in [0.3, 0.4) is 0 Å². The van der Waals surface area contributed by atoms with Crippen molar-refractivity contribution in [2.24, 2.45) is 0 Å². The van der Waals surface area contributed by atoms with Crippen LogP contribution in [0.5, 0.6) is 0 Å². The average molecular weight is 319 g/mol. The Labute approximate surface area is 124 Å². The van der Waals surface area contributed by atoms with Crippen LogP contribution in [-0.4, -0.2) is 21.3 Å². The van der Waals surface area contributed by atoms with E-state index >= 15 is 0 Å². The SMILES string of the molecule is CCCNCc1nc(-n2ccc(C(F)(F)F)n2)ccc1Cl. The van der Waals surface area contributed by atoms with E-state index in [0.717, 1.165) is 23.7 Å². The third kappa shape index (κ3) is 3.95. The van der Waals surface area contributed by atoms with Crippen LogP contribution in [-0.2, 0) is 12.7 Å². The van der Waals surface area contributed by atoms with Crippen molar-refractivity contribution in [3.63, 3.8) is 0 Å². The largest absolute Gasteiger partial charge is 0.435 e. The summed E-state index contributed by atoms with van der Waals surface area (Å²) in [5.41, 5.74) is -0.378. The van der Waals surface area contributed by atoms with Crippen LogP contribution in [0.25, 0.3) is 5.82 Å². The Balaban J connectivity index is 2.24. The molecule has 0 atom stereocenters. The first-order valence-electron chi connectivity index (χ1n) is 6.41. The van der Waals surface area contributed by atoms with E-state index in [9.17, 15) is 13.2 Å². The summed E-state index contributed by atoms with van der Waals surface area (Å²) in [4.78, 5) is 4.25. The van der Waals surface area contributed by atoms with Gasteiger partial charge in [0.15, 0.2) is 11.5 Å². The third-order valence-corrected chi connectivity index (χ3v) is 3.08. The summed E-state index contributed by atoms with van der Waals surface area (Å²) in [5.74, 6) is 0.295. The molecule has 114 valence electrons. The fraction of sp³-hybridized carbons (Fsp3) is 0.385. The van der Waals surface area contributed by atoms with Crippen molar-refractivity contribution in [1.82, 2.24) is 20.1 Å². The maximum Gasteiger partial charge on any atom is 0.435 e. The zero-order chi connectivity index (χ0) is 15.5. The quantitative estimate of drug-likeness (QED) is 0.859. The van der Waals surface area contributed by atoms with Crippen LogP contribution in [0.2, 0.25) is 5.02 Å². The molecule has 0 saturated heterocycles. The van der Waals surface area contributed by atoms with Crippen LogP contribution in [0, 0.1) is 0 Å². The van der Waals surface area contributed by atoms with Crippen molar-refractivity contribution in [2.45, 2.75) is 26.1 Å². The first-order valence-corrected chi connectivity index (χ1v) is 6.79. The monoisotopic (exact) mass is 318 g/mol. The molecule has 2 heterocycles. The zero-order valence-corrected chi connectivity index (χ0v) is 12.0. The van der Waals surface area contributed by atoms with Crippen LogP contribution < -0.4 is 5.32 Å². The summed E-state index contributed by atoms with van der Waals surface area (Å²) in [6, 6.07) is 4.03. The van der Waals surface area contributed by atoms with Gasteiger partial charge in [-0.3, -0.25) is 0 Å². The number of nitrogens with zero attached hydrogens (tertiary/aromatic N) is 3. The Kier molecular flexibility index (Phi) is 4.84. The van der Waals surface area contributed by atoms with Gasteiger partial charge in [-0.15, -0.1) is 0 Å². The number of nitrogens with one attached hydrogen (secondary N) is 1. The molecule has 0 aliphatic carbocycles. The van der Waals surface area contributed by atoms with Gasteiger partial charge in [-0.1, -0.05) is 18.5 Å². The van der Waals surface area contributed by atoms with E-state index in [2.05, 4.69) is 15.4 Å². The van der Waals surface area contributed by atoms with E-state index in [4.69, 9.17) is 11.6 Å². The molecule has 2 rings (SSSR count). The zero-order valence-electron chi connectivity index (χ0n) is 11.3. The predicted octanol–water partition coefficient (Wildman–Crippen LogP) is 3.44. The molecule has 1 N–H and O–H groups in total. The second kappa shape index (κ2) is 6.44. The van der Waals surface area contributed by atoms with Gasteiger partial charge in [-0.2, -0.15) is 18.3 Å². The molecular formula is C13H14ClF3N4. The van der Waals surface area contributed by atoms with Crippen molar-refractivity contribution >= 4 is 11.6 Å². The molecule has 0 fully saturated rings. The molecule has 2 aromatic heterocycles. The highest BCUT2D eigenvalue weighted by Crippen LogP contribution is 2.27. The van der Waals surface area contributed by atoms with Gasteiger partial charge in [0.25, 0.3) is 0 Å². The minimum atomic E-state index is -4.47. The molecule has 0 aromatic carbocycles. The van der Waals surface area contributed by atoms with Gasteiger partial charge >= 0.3 is 6.18 Å². The van der Waals surface area contributed by atoms with E-state index in [0.29, 0.717) is 23.1 Å². The summed E-state index contributed by atoms with van der Waals surface area (Å²) in [6.45, 7) is 3.29. The van der Waals surface area contributed by atoms with Crippen molar-refractivity contribution in [1.29, 1.82) is 0 Å². The number of rotatable bonds is 5. The predicted molar refractivity (Wildman–Crippen MR) is 73.4 cm³/mol. The summed E-state index contributed by atoms with van der Waals surface area (Å²) in [5, 5.41) is 7.09. The van der Waals surface area contributed by atoms with E-state index in [1.54, 1.807) is 6.07 Å². The number of hydrogen-bond donors (Lipinski definition) is 1. The van der Waals surface area contributed by atoms with Crippen molar-refractivity contribution in [3.05, 3.63) is 40.8 Å². The molecule has 21 heavy (non-hydrogen) atoms. The third-order valence-electron chi connectivity index (χ3n) is 2.74. The van der Waals surface area contributed by atoms with Gasteiger partial charge in [0, 0.05) is 12.7 Å². The molecule has 0 radical (unpaired) electrons. The highest BCUT2D eigenvalue weighted by molar-refractivity contribution is 6.31. The fourth-order valence-electron chi connectivity index (χ4n) is 1.71. The molecule has 8 heteroatoms. The molecular weight excluding hydrogens is 305 g/mol. The Morgan fingerprint density at radius 1 is 1.29 bits per heavy atom. The van der Waals surface area contributed by atoms with Crippen molar-refractivity contribution < 1.29 is 13.2 Å². The van der Waals surface area contributed by atoms with Gasteiger partial charge < -0.3 is 5.32 Å². The van der Waals surface area contributed by atoms with Gasteiger partial charge in [0.1, 0.15) is 0 Å². The lowest BCUT2D eigenvalue weighted by Gasteiger charge is -2.08. The van der Waals surface area contributed by atoms with Gasteiger partial charge in [-0.25, -0.2) is 9.67 Å². The lowest BCUT2D eigenvalue weighted by Crippen LogP contribution is -2.16. The van der Waals surface area contributed by atoms with E-state index in [-0.39, 0.29) is 0 Å². The topological polar surface area (TPSA) is 42.7 Å². The lowest BCUT2D eigenvalue weighted by atomic mass is 10.3. The standard InChI is InChI=1S/C13H14ClF3N4/c1-2-6-18-8-10-9(14)3-4-12(19-10)21-7-5-11(20-21)13(15,16)17/h3-5,7,18H,2,6,8H2,1H3. The Bertz CT molecular complexity index is 610. The lowest BCUT2D eigenvalue weighted by molar-refractivity contribution is -0.141. The molecule has 0 unspecified atom stereocenters. The maximum absolute atomic E-state index is 12.5. The van der Waals surface area contributed by atoms with E-state index < -0.39 is 11.9 Å². The first-order chi connectivity index (χ1) is 9.91. The van der Waals surface area contributed by atoms with Gasteiger partial charge in [0.2, 0.25) is 0 Å². The number of alkyl halides is 3. The fourth-order valence-corrected chi connectivity index (χ4v) is 1.88. The average Bonchev–Trinajstić information content (AvgIpc) is 2.91. The Morgan fingerprint density at radius 3 is 2.67 bits per heavy atom.